The standard InChI is InChI=1S/C40H28N2/c1-3-9-33-29(7-1)23-25-41-37-13-5-11-35(39(33)37)31-19-15-27(16-20-31)28-17-21-32(22-18-28)36-12-6-14-38-40(36)34-10-4-2-8-30(34)24-26-42-38/h1-26,41-42H. The van der Waals surface area contributed by atoms with Gasteiger partial charge in [0, 0.05) is 34.9 Å². The molecule has 0 spiro atoms. The van der Waals surface area contributed by atoms with E-state index in [1.165, 1.54) is 66.8 Å². The molecule has 0 atom stereocenters. The molecule has 2 N–H and O–H groups in total. The van der Waals surface area contributed by atoms with Crippen molar-refractivity contribution in [1.82, 2.24) is 0 Å². The first-order valence-electron chi connectivity index (χ1n) is 14.4. The maximum absolute atomic E-state index is 3.48. The summed E-state index contributed by atoms with van der Waals surface area (Å²) in [4.78, 5) is 0. The maximum atomic E-state index is 3.48. The van der Waals surface area contributed by atoms with Gasteiger partial charge in [0.05, 0.1) is 0 Å². The Kier molecular flexibility index (Phi) is 5.82. The third-order valence-corrected chi connectivity index (χ3v) is 8.32. The van der Waals surface area contributed by atoms with Crippen molar-refractivity contribution in [1.29, 1.82) is 0 Å². The van der Waals surface area contributed by atoms with E-state index in [9.17, 15) is 0 Å². The van der Waals surface area contributed by atoms with Crippen molar-refractivity contribution >= 4 is 23.5 Å². The first-order valence-corrected chi connectivity index (χ1v) is 14.4. The summed E-state index contributed by atoms with van der Waals surface area (Å²) in [6, 6.07) is 48.1. The van der Waals surface area contributed by atoms with E-state index >= 15 is 0 Å². The lowest BCUT2D eigenvalue weighted by Crippen LogP contribution is -1.93. The fourth-order valence-electron chi connectivity index (χ4n) is 6.27. The Morgan fingerprint density at radius 1 is 0.310 bits per heavy atom. The fraction of sp³-hybridized carbons (Fsp3) is 0. The van der Waals surface area contributed by atoms with Crippen molar-refractivity contribution in [3.8, 4) is 55.6 Å². The molecule has 2 aliphatic rings. The maximum Gasteiger partial charge on any atom is 0.0465 e. The SMILES string of the molecule is C1=Cc2ccccc2-c2c(cccc2-c2ccc(-c3ccc(-c4cccc5c4-c4ccccc4C=CN5)cc3)cc2)N1. The van der Waals surface area contributed by atoms with E-state index in [1.54, 1.807) is 0 Å². The van der Waals surface area contributed by atoms with E-state index < -0.39 is 0 Å². The van der Waals surface area contributed by atoms with Crippen LogP contribution in [0, 0.1) is 0 Å². The summed E-state index contributed by atoms with van der Waals surface area (Å²) in [6.07, 6.45) is 8.34. The molecule has 0 aliphatic carbocycles. The summed E-state index contributed by atoms with van der Waals surface area (Å²) in [5.74, 6) is 0. The Bertz CT molecular complexity index is 1860. The lowest BCUT2D eigenvalue weighted by molar-refractivity contribution is 1.54. The first-order chi connectivity index (χ1) is 20.8. The number of rotatable bonds is 3. The average molecular weight is 537 g/mol. The van der Waals surface area contributed by atoms with Crippen molar-refractivity contribution < 1.29 is 0 Å². The van der Waals surface area contributed by atoms with Gasteiger partial charge in [-0.15, -0.1) is 0 Å². The number of fused-ring (bicyclic) bond motifs is 6. The van der Waals surface area contributed by atoms with Crippen LogP contribution in [-0.2, 0) is 0 Å². The van der Waals surface area contributed by atoms with Gasteiger partial charge in [0.1, 0.15) is 0 Å². The molecule has 0 saturated heterocycles. The predicted molar refractivity (Wildman–Crippen MR) is 179 cm³/mol. The summed E-state index contributed by atoms with van der Waals surface area (Å²) in [5.41, 5.74) is 16.9. The number of hydrogen-bond acceptors (Lipinski definition) is 2. The van der Waals surface area contributed by atoms with Gasteiger partial charge in [-0.1, -0.05) is 121 Å². The van der Waals surface area contributed by atoms with Crippen molar-refractivity contribution in [2.24, 2.45) is 0 Å². The molecule has 0 unspecified atom stereocenters. The van der Waals surface area contributed by atoms with Gasteiger partial charge in [-0.05, 0) is 79.9 Å². The van der Waals surface area contributed by atoms with E-state index in [1.807, 2.05) is 12.4 Å². The van der Waals surface area contributed by atoms with E-state index in [4.69, 9.17) is 0 Å². The number of nitrogens with one attached hydrogen (secondary N) is 2. The van der Waals surface area contributed by atoms with E-state index in [0.29, 0.717) is 0 Å². The summed E-state index contributed by atoms with van der Waals surface area (Å²) >= 11 is 0. The molecule has 6 aromatic rings. The van der Waals surface area contributed by atoms with Crippen LogP contribution < -0.4 is 10.6 Å². The van der Waals surface area contributed by atoms with Crippen molar-refractivity contribution in [3.63, 3.8) is 0 Å². The molecule has 0 amide bonds. The quantitative estimate of drug-likeness (QED) is 0.235. The molecule has 2 heteroatoms. The molecule has 2 nitrogen and oxygen atoms in total. The van der Waals surface area contributed by atoms with Crippen molar-refractivity contribution in [2.45, 2.75) is 0 Å². The third kappa shape index (κ3) is 4.13. The monoisotopic (exact) mass is 536 g/mol. The van der Waals surface area contributed by atoms with E-state index in [2.05, 4.69) is 156 Å². The average Bonchev–Trinajstić information content (AvgIpc) is 3.37. The number of hydrogen-bond donors (Lipinski definition) is 2. The van der Waals surface area contributed by atoms with Crippen LogP contribution in [0.3, 0.4) is 0 Å². The Labute approximate surface area is 246 Å². The van der Waals surface area contributed by atoms with Gasteiger partial charge in [0.2, 0.25) is 0 Å². The van der Waals surface area contributed by atoms with Gasteiger partial charge in [-0.3, -0.25) is 0 Å². The second kappa shape index (κ2) is 10.1. The zero-order valence-electron chi connectivity index (χ0n) is 23.0. The summed E-state index contributed by atoms with van der Waals surface area (Å²) in [6.45, 7) is 0. The molecule has 0 bridgehead atoms. The first kappa shape index (κ1) is 24.2. The Morgan fingerprint density at radius 2 is 0.690 bits per heavy atom. The van der Waals surface area contributed by atoms with Gasteiger partial charge in [-0.2, -0.15) is 0 Å². The summed E-state index contributed by atoms with van der Waals surface area (Å²) < 4.78 is 0. The second-order valence-electron chi connectivity index (χ2n) is 10.7. The lowest BCUT2D eigenvalue weighted by atomic mass is 9.89. The number of benzene rings is 6. The molecule has 0 fully saturated rings. The van der Waals surface area contributed by atoms with Crippen LogP contribution in [0.25, 0.3) is 67.8 Å². The smallest absolute Gasteiger partial charge is 0.0465 e. The molecular weight excluding hydrogens is 508 g/mol. The van der Waals surface area contributed by atoms with Crippen molar-refractivity contribution in [2.75, 3.05) is 10.6 Å². The minimum atomic E-state index is 1.13. The predicted octanol–water partition coefficient (Wildman–Crippen LogP) is 10.8. The van der Waals surface area contributed by atoms with Crippen LogP contribution >= 0.6 is 0 Å². The Hall–Kier alpha value is -5.60. The Morgan fingerprint density at radius 3 is 1.14 bits per heavy atom. The van der Waals surface area contributed by atoms with Gasteiger partial charge < -0.3 is 10.6 Å². The lowest BCUT2D eigenvalue weighted by Gasteiger charge is -2.16. The normalized spacial score (nSPS) is 12.5. The number of anilines is 2. The highest BCUT2D eigenvalue weighted by molar-refractivity contribution is 5.98. The summed E-state index contributed by atoms with van der Waals surface area (Å²) in [7, 11) is 0. The van der Waals surface area contributed by atoms with E-state index in [-0.39, 0.29) is 0 Å². The molecule has 42 heavy (non-hydrogen) atoms. The molecule has 2 aliphatic heterocycles. The Balaban J connectivity index is 1.14. The largest absolute Gasteiger partial charge is 0.361 e. The zero-order chi connectivity index (χ0) is 27.9. The minimum Gasteiger partial charge on any atom is -0.361 e. The van der Waals surface area contributed by atoms with Gasteiger partial charge in [-0.25, -0.2) is 0 Å². The van der Waals surface area contributed by atoms with Crippen LogP contribution in [0.5, 0.6) is 0 Å². The third-order valence-electron chi connectivity index (χ3n) is 8.32. The molecule has 2 heterocycles. The highest BCUT2D eigenvalue weighted by Crippen LogP contribution is 2.43. The van der Waals surface area contributed by atoms with Gasteiger partial charge in [0.15, 0.2) is 0 Å². The van der Waals surface area contributed by atoms with Crippen LogP contribution in [0.2, 0.25) is 0 Å². The van der Waals surface area contributed by atoms with Crippen LogP contribution in [0.4, 0.5) is 11.4 Å². The summed E-state index contributed by atoms with van der Waals surface area (Å²) in [5, 5.41) is 6.96. The zero-order valence-corrected chi connectivity index (χ0v) is 23.0. The van der Waals surface area contributed by atoms with Gasteiger partial charge >= 0.3 is 0 Å². The molecule has 198 valence electrons. The van der Waals surface area contributed by atoms with E-state index in [0.717, 1.165) is 11.4 Å². The van der Waals surface area contributed by atoms with Crippen LogP contribution in [0.15, 0.2) is 146 Å². The molecule has 0 aromatic heterocycles. The molecule has 0 radical (unpaired) electrons. The van der Waals surface area contributed by atoms with Crippen LogP contribution in [-0.4, -0.2) is 0 Å². The van der Waals surface area contributed by atoms with Gasteiger partial charge in [0.25, 0.3) is 0 Å². The minimum absolute atomic E-state index is 1.13. The van der Waals surface area contributed by atoms with Crippen molar-refractivity contribution in [3.05, 3.63) is 157 Å². The van der Waals surface area contributed by atoms with Crippen LogP contribution in [0.1, 0.15) is 11.1 Å². The molecule has 8 rings (SSSR count). The highest BCUT2D eigenvalue weighted by atomic mass is 14.8. The second-order valence-corrected chi connectivity index (χ2v) is 10.7. The molecule has 0 saturated carbocycles. The topological polar surface area (TPSA) is 24.1 Å². The fourth-order valence-corrected chi connectivity index (χ4v) is 6.27. The highest BCUT2D eigenvalue weighted by Gasteiger charge is 2.18. The molecular formula is C40H28N2. The molecule has 6 aromatic carbocycles.